The Morgan fingerprint density at radius 3 is 3.07 bits per heavy atom. The first-order valence-electron chi connectivity index (χ1n) is 4.34. The van der Waals surface area contributed by atoms with Crippen LogP contribution in [0.2, 0.25) is 0 Å². The Labute approximate surface area is 90.0 Å². The minimum absolute atomic E-state index is 0.0582. The Hall–Kier alpha value is -1.69. The molecule has 78 valence electrons. The molecule has 0 radical (unpaired) electrons. The van der Waals surface area contributed by atoms with Crippen LogP contribution in [0.25, 0.3) is 5.13 Å². The van der Waals surface area contributed by atoms with Crippen molar-refractivity contribution in [2.45, 2.75) is 13.3 Å². The molecule has 0 amide bonds. The van der Waals surface area contributed by atoms with Crippen LogP contribution >= 0.6 is 11.3 Å². The molecule has 0 aliphatic heterocycles. The highest BCUT2D eigenvalue weighted by molar-refractivity contribution is 7.13. The first-order valence-corrected chi connectivity index (χ1v) is 5.16. The lowest BCUT2D eigenvalue weighted by Crippen LogP contribution is -2.02. The molecule has 0 fully saturated rings. The van der Waals surface area contributed by atoms with Gasteiger partial charge in [-0.05, 0) is 13.0 Å². The molecule has 2 heterocycles. The van der Waals surface area contributed by atoms with E-state index in [-0.39, 0.29) is 6.42 Å². The number of nitrogens with zero attached hydrogens (tertiary/aromatic N) is 3. The molecular formula is C9H9N3O2S. The van der Waals surface area contributed by atoms with E-state index in [0.29, 0.717) is 5.69 Å². The fraction of sp³-hybridized carbons (Fsp3) is 0.222. The Morgan fingerprint density at radius 2 is 2.47 bits per heavy atom. The number of hydrogen-bond donors (Lipinski definition) is 1. The van der Waals surface area contributed by atoms with E-state index in [9.17, 15) is 4.79 Å². The number of carbonyl (C=O) groups is 1. The van der Waals surface area contributed by atoms with E-state index < -0.39 is 5.97 Å². The summed E-state index contributed by atoms with van der Waals surface area (Å²) in [7, 11) is 0. The number of hydrogen-bond acceptors (Lipinski definition) is 4. The summed E-state index contributed by atoms with van der Waals surface area (Å²) in [5, 5.41) is 13.5. The average Bonchev–Trinajstić information content (AvgIpc) is 2.72. The molecule has 0 bridgehead atoms. The number of carboxylic acid groups (broad SMARTS) is 1. The number of aliphatic carboxylic acids is 1. The normalized spacial score (nSPS) is 10.5. The van der Waals surface area contributed by atoms with Crippen molar-refractivity contribution in [2.75, 3.05) is 0 Å². The summed E-state index contributed by atoms with van der Waals surface area (Å²) >= 11 is 1.51. The van der Waals surface area contributed by atoms with Crippen molar-refractivity contribution in [3.8, 4) is 5.13 Å². The van der Waals surface area contributed by atoms with Gasteiger partial charge < -0.3 is 5.11 Å². The molecule has 0 aliphatic carbocycles. The van der Waals surface area contributed by atoms with Crippen molar-refractivity contribution >= 4 is 17.3 Å². The van der Waals surface area contributed by atoms with E-state index in [1.165, 1.54) is 11.3 Å². The molecule has 0 saturated carbocycles. The zero-order chi connectivity index (χ0) is 10.8. The largest absolute Gasteiger partial charge is 0.481 e. The maximum absolute atomic E-state index is 10.5. The molecular weight excluding hydrogens is 214 g/mol. The lowest BCUT2D eigenvalue weighted by Gasteiger charge is -1.92. The number of aromatic nitrogens is 3. The van der Waals surface area contributed by atoms with Crippen LogP contribution in [0.4, 0.5) is 0 Å². The van der Waals surface area contributed by atoms with Crippen LogP contribution in [0.15, 0.2) is 18.5 Å². The highest BCUT2D eigenvalue weighted by atomic mass is 32.1. The van der Waals surface area contributed by atoms with Gasteiger partial charge in [-0.25, -0.2) is 9.67 Å². The lowest BCUT2D eigenvalue weighted by molar-refractivity contribution is -0.136. The summed E-state index contributed by atoms with van der Waals surface area (Å²) in [6.07, 6.45) is 3.42. The van der Waals surface area contributed by atoms with Gasteiger partial charge >= 0.3 is 5.97 Å². The molecule has 0 unspecified atom stereocenters. The summed E-state index contributed by atoms with van der Waals surface area (Å²) in [6.45, 7) is 1.96. The number of thiazole rings is 1. The summed E-state index contributed by atoms with van der Waals surface area (Å²) < 4.78 is 1.59. The molecule has 0 spiro atoms. The molecule has 2 rings (SSSR count). The van der Waals surface area contributed by atoms with Gasteiger partial charge in [0.05, 0.1) is 12.1 Å². The van der Waals surface area contributed by atoms with Crippen LogP contribution in [0.5, 0.6) is 0 Å². The second-order valence-electron chi connectivity index (χ2n) is 3.08. The van der Waals surface area contributed by atoms with Gasteiger partial charge in [0.1, 0.15) is 0 Å². The smallest absolute Gasteiger partial charge is 0.309 e. The average molecular weight is 223 g/mol. The number of rotatable bonds is 3. The van der Waals surface area contributed by atoms with Gasteiger partial charge in [0, 0.05) is 17.3 Å². The molecule has 5 nitrogen and oxygen atoms in total. The predicted molar refractivity (Wildman–Crippen MR) is 55.3 cm³/mol. The van der Waals surface area contributed by atoms with Crippen LogP contribution < -0.4 is 0 Å². The van der Waals surface area contributed by atoms with E-state index in [1.807, 2.05) is 6.92 Å². The van der Waals surface area contributed by atoms with E-state index in [2.05, 4.69) is 10.1 Å². The van der Waals surface area contributed by atoms with E-state index in [4.69, 9.17) is 5.11 Å². The Balaban J connectivity index is 2.23. The standard InChI is InChI=1S/C9H9N3O2S/c1-6-5-10-9(15-6)12-3-2-7(11-12)4-8(13)14/h2-3,5H,4H2,1H3,(H,13,14). The third-order valence-corrected chi connectivity index (χ3v) is 2.68. The molecule has 0 saturated heterocycles. The summed E-state index contributed by atoms with van der Waals surface area (Å²) in [5.41, 5.74) is 0.537. The van der Waals surface area contributed by atoms with Crippen molar-refractivity contribution in [2.24, 2.45) is 0 Å². The maximum atomic E-state index is 10.5. The van der Waals surface area contributed by atoms with Crippen molar-refractivity contribution in [1.29, 1.82) is 0 Å². The molecule has 0 aliphatic rings. The van der Waals surface area contributed by atoms with Crippen molar-refractivity contribution < 1.29 is 9.90 Å². The fourth-order valence-corrected chi connectivity index (χ4v) is 1.86. The Morgan fingerprint density at radius 1 is 1.67 bits per heavy atom. The third-order valence-electron chi connectivity index (χ3n) is 1.78. The summed E-state index contributed by atoms with van der Waals surface area (Å²) in [4.78, 5) is 15.7. The second kappa shape index (κ2) is 3.82. The molecule has 1 N–H and O–H groups in total. The van der Waals surface area contributed by atoms with Crippen molar-refractivity contribution in [1.82, 2.24) is 14.8 Å². The van der Waals surface area contributed by atoms with Gasteiger partial charge in [0.2, 0.25) is 5.13 Å². The monoisotopic (exact) mass is 223 g/mol. The van der Waals surface area contributed by atoms with Gasteiger partial charge in [0.15, 0.2) is 0 Å². The highest BCUT2D eigenvalue weighted by Gasteiger charge is 2.07. The van der Waals surface area contributed by atoms with E-state index in [1.54, 1.807) is 23.1 Å². The molecule has 2 aromatic heterocycles. The SMILES string of the molecule is Cc1cnc(-n2ccc(CC(=O)O)n2)s1. The van der Waals surface area contributed by atoms with Gasteiger partial charge in [-0.15, -0.1) is 11.3 Å². The number of carboxylic acids is 1. The molecule has 2 aromatic rings. The number of aryl methyl sites for hydroxylation is 1. The van der Waals surface area contributed by atoms with Crippen molar-refractivity contribution in [3.05, 3.63) is 29.0 Å². The first kappa shape index (κ1) is 9.85. The Bertz CT molecular complexity index is 489. The lowest BCUT2D eigenvalue weighted by atomic mass is 10.3. The van der Waals surface area contributed by atoms with Crippen molar-refractivity contribution in [3.63, 3.8) is 0 Å². The predicted octanol–water partition coefficient (Wildman–Crippen LogP) is 1.26. The van der Waals surface area contributed by atoms with Crippen LogP contribution in [0, 0.1) is 6.92 Å². The Kier molecular flexibility index (Phi) is 2.51. The minimum atomic E-state index is -0.879. The zero-order valence-electron chi connectivity index (χ0n) is 8.04. The van der Waals surface area contributed by atoms with Crippen LogP contribution in [-0.4, -0.2) is 25.8 Å². The minimum Gasteiger partial charge on any atom is -0.481 e. The van der Waals surface area contributed by atoms with Crippen LogP contribution in [0.3, 0.4) is 0 Å². The zero-order valence-corrected chi connectivity index (χ0v) is 8.86. The van der Waals surface area contributed by atoms with Gasteiger partial charge in [-0.1, -0.05) is 0 Å². The first-order chi connectivity index (χ1) is 7.15. The van der Waals surface area contributed by atoms with Crippen LogP contribution in [0.1, 0.15) is 10.6 Å². The second-order valence-corrected chi connectivity index (χ2v) is 4.29. The van der Waals surface area contributed by atoms with Gasteiger partial charge in [-0.2, -0.15) is 5.10 Å². The summed E-state index contributed by atoms with van der Waals surface area (Å²) in [6, 6.07) is 1.69. The molecule has 0 aromatic carbocycles. The summed E-state index contributed by atoms with van der Waals surface area (Å²) in [5.74, 6) is -0.879. The van der Waals surface area contributed by atoms with Crippen LogP contribution in [-0.2, 0) is 11.2 Å². The molecule has 0 atom stereocenters. The van der Waals surface area contributed by atoms with E-state index in [0.717, 1.165) is 10.0 Å². The molecule has 15 heavy (non-hydrogen) atoms. The maximum Gasteiger partial charge on any atom is 0.309 e. The highest BCUT2D eigenvalue weighted by Crippen LogP contribution is 2.15. The third kappa shape index (κ3) is 2.21. The van der Waals surface area contributed by atoms with Gasteiger partial charge in [0.25, 0.3) is 0 Å². The van der Waals surface area contributed by atoms with Gasteiger partial charge in [-0.3, -0.25) is 4.79 Å². The topological polar surface area (TPSA) is 68.0 Å². The molecule has 6 heteroatoms. The fourth-order valence-electron chi connectivity index (χ4n) is 1.17. The van der Waals surface area contributed by atoms with E-state index >= 15 is 0 Å². The quantitative estimate of drug-likeness (QED) is 0.850.